The molecule has 6 heteroatoms. The molecule has 1 aliphatic rings. The van der Waals surface area contributed by atoms with Crippen LogP contribution in [0.4, 0.5) is 5.95 Å². The number of carbonyl (C=O) groups is 1. The minimum atomic E-state index is -0.769. The molecule has 1 aliphatic heterocycles. The molecule has 0 bridgehead atoms. The quantitative estimate of drug-likeness (QED) is 0.872. The molecule has 2 heterocycles. The number of carboxylic acids is 1. The van der Waals surface area contributed by atoms with Gasteiger partial charge in [0.05, 0.1) is 12.5 Å². The predicted octanol–water partition coefficient (Wildman–Crippen LogP) is 1.18. The van der Waals surface area contributed by atoms with Gasteiger partial charge in [-0.05, 0) is 12.5 Å². The number of aromatic nitrogens is 2. The molecule has 0 radical (unpaired) electrons. The van der Waals surface area contributed by atoms with Crippen molar-refractivity contribution < 1.29 is 9.90 Å². The van der Waals surface area contributed by atoms with Crippen LogP contribution in [0.5, 0.6) is 0 Å². The third kappa shape index (κ3) is 3.09. The van der Waals surface area contributed by atoms with Gasteiger partial charge in [-0.2, -0.15) is 11.8 Å². The molecule has 0 spiro atoms. The fourth-order valence-electron chi connectivity index (χ4n) is 1.82. The lowest BCUT2D eigenvalue weighted by Crippen LogP contribution is -2.44. The normalized spacial score (nSPS) is 20.3. The van der Waals surface area contributed by atoms with Crippen molar-refractivity contribution in [2.75, 3.05) is 23.0 Å². The number of anilines is 1. The highest BCUT2D eigenvalue weighted by molar-refractivity contribution is 7.99. The Kier molecular flexibility index (Phi) is 3.83. The van der Waals surface area contributed by atoms with E-state index in [1.165, 1.54) is 0 Å². The summed E-state index contributed by atoms with van der Waals surface area (Å²) in [4.78, 5) is 21.4. The van der Waals surface area contributed by atoms with Crippen molar-refractivity contribution in [1.29, 1.82) is 0 Å². The van der Waals surface area contributed by atoms with Crippen LogP contribution in [0, 0.1) is 6.92 Å². The van der Waals surface area contributed by atoms with Crippen molar-refractivity contribution in [3.05, 3.63) is 18.0 Å². The van der Waals surface area contributed by atoms with E-state index in [1.807, 2.05) is 11.8 Å². The first-order valence-corrected chi connectivity index (χ1v) is 6.67. The Morgan fingerprint density at radius 1 is 1.59 bits per heavy atom. The molecule has 2 rings (SSSR count). The lowest BCUT2D eigenvalue weighted by Gasteiger charge is -2.34. The molecule has 1 aromatic heterocycles. The molecule has 92 valence electrons. The Morgan fingerprint density at radius 2 is 2.29 bits per heavy atom. The van der Waals surface area contributed by atoms with E-state index in [4.69, 9.17) is 5.11 Å². The molecule has 0 saturated carbocycles. The summed E-state index contributed by atoms with van der Waals surface area (Å²) >= 11 is 1.79. The maximum atomic E-state index is 10.8. The van der Waals surface area contributed by atoms with Gasteiger partial charge in [-0.1, -0.05) is 0 Å². The largest absolute Gasteiger partial charge is 0.481 e. The number of hydrogen-bond acceptors (Lipinski definition) is 5. The van der Waals surface area contributed by atoms with Gasteiger partial charge in [-0.3, -0.25) is 4.79 Å². The van der Waals surface area contributed by atoms with Gasteiger partial charge in [0.15, 0.2) is 0 Å². The van der Waals surface area contributed by atoms with Crippen LogP contribution in [0.1, 0.15) is 12.0 Å². The van der Waals surface area contributed by atoms with Gasteiger partial charge in [0, 0.05) is 30.4 Å². The average Bonchev–Trinajstić information content (AvgIpc) is 2.30. The predicted molar refractivity (Wildman–Crippen MR) is 67.5 cm³/mol. The number of aliphatic carboxylic acids is 1. The van der Waals surface area contributed by atoms with Gasteiger partial charge in [-0.15, -0.1) is 0 Å². The first kappa shape index (κ1) is 12.2. The maximum Gasteiger partial charge on any atom is 0.305 e. The molecular formula is C11H15N3O2S. The van der Waals surface area contributed by atoms with Gasteiger partial charge in [0.25, 0.3) is 0 Å². The van der Waals surface area contributed by atoms with E-state index >= 15 is 0 Å². The third-order valence-corrected chi connectivity index (χ3v) is 3.75. The van der Waals surface area contributed by atoms with Gasteiger partial charge < -0.3 is 10.0 Å². The van der Waals surface area contributed by atoms with Crippen molar-refractivity contribution in [1.82, 2.24) is 9.97 Å². The molecule has 1 aromatic rings. The summed E-state index contributed by atoms with van der Waals surface area (Å²) < 4.78 is 0. The maximum absolute atomic E-state index is 10.8. The topological polar surface area (TPSA) is 66.3 Å². The summed E-state index contributed by atoms with van der Waals surface area (Å²) in [6.45, 7) is 2.75. The Hall–Kier alpha value is -1.30. The zero-order valence-electron chi connectivity index (χ0n) is 9.67. The SMILES string of the molecule is Cc1cnc(N2CCSCC2CC(=O)O)nc1. The molecule has 1 N–H and O–H groups in total. The van der Waals surface area contributed by atoms with Crippen molar-refractivity contribution >= 4 is 23.7 Å². The molecule has 5 nitrogen and oxygen atoms in total. The monoisotopic (exact) mass is 253 g/mol. The fraction of sp³-hybridized carbons (Fsp3) is 0.545. The van der Waals surface area contributed by atoms with Gasteiger partial charge in [-0.25, -0.2) is 9.97 Å². The second kappa shape index (κ2) is 5.35. The smallest absolute Gasteiger partial charge is 0.305 e. The third-order valence-electron chi connectivity index (χ3n) is 2.66. The minimum Gasteiger partial charge on any atom is -0.481 e. The number of nitrogens with zero attached hydrogens (tertiary/aromatic N) is 3. The summed E-state index contributed by atoms with van der Waals surface area (Å²) in [6.07, 6.45) is 3.67. The van der Waals surface area contributed by atoms with Crippen molar-refractivity contribution in [3.63, 3.8) is 0 Å². The van der Waals surface area contributed by atoms with Crippen LogP contribution in [-0.2, 0) is 4.79 Å². The molecule has 1 atom stereocenters. The number of rotatable bonds is 3. The first-order valence-electron chi connectivity index (χ1n) is 5.51. The van der Waals surface area contributed by atoms with Gasteiger partial charge in [0.1, 0.15) is 0 Å². The van der Waals surface area contributed by atoms with E-state index in [0.29, 0.717) is 5.95 Å². The number of hydrogen-bond donors (Lipinski definition) is 1. The van der Waals surface area contributed by atoms with Crippen molar-refractivity contribution in [2.45, 2.75) is 19.4 Å². The summed E-state index contributed by atoms with van der Waals surface area (Å²) in [5.41, 5.74) is 1.01. The number of aryl methyl sites for hydroxylation is 1. The lowest BCUT2D eigenvalue weighted by atomic mass is 10.2. The van der Waals surface area contributed by atoms with E-state index in [-0.39, 0.29) is 12.5 Å². The average molecular weight is 253 g/mol. The van der Waals surface area contributed by atoms with Gasteiger partial charge >= 0.3 is 5.97 Å². The van der Waals surface area contributed by atoms with Crippen molar-refractivity contribution in [3.8, 4) is 0 Å². The second-order valence-corrected chi connectivity index (χ2v) is 5.23. The molecule has 0 aliphatic carbocycles. The Balaban J connectivity index is 2.15. The zero-order valence-corrected chi connectivity index (χ0v) is 10.5. The highest BCUT2D eigenvalue weighted by Crippen LogP contribution is 2.22. The summed E-state index contributed by atoms with van der Waals surface area (Å²) in [5.74, 6) is 1.69. The first-order chi connectivity index (χ1) is 8.16. The molecule has 1 saturated heterocycles. The summed E-state index contributed by atoms with van der Waals surface area (Å²) in [7, 11) is 0. The Labute approximate surface area is 104 Å². The lowest BCUT2D eigenvalue weighted by molar-refractivity contribution is -0.137. The van der Waals surface area contributed by atoms with Crippen LogP contribution in [0.15, 0.2) is 12.4 Å². The van der Waals surface area contributed by atoms with E-state index < -0.39 is 5.97 Å². The molecular weight excluding hydrogens is 238 g/mol. The Bertz CT molecular complexity index is 396. The van der Waals surface area contributed by atoms with Crippen LogP contribution in [0.2, 0.25) is 0 Å². The van der Waals surface area contributed by atoms with Crippen LogP contribution < -0.4 is 4.90 Å². The second-order valence-electron chi connectivity index (χ2n) is 4.08. The highest BCUT2D eigenvalue weighted by atomic mass is 32.2. The molecule has 1 fully saturated rings. The van der Waals surface area contributed by atoms with E-state index in [9.17, 15) is 4.79 Å². The minimum absolute atomic E-state index is 0.00560. The van der Waals surface area contributed by atoms with Gasteiger partial charge in [0.2, 0.25) is 5.95 Å². The molecule has 0 amide bonds. The standard InChI is InChI=1S/C11H15N3O2S/c1-8-5-12-11(13-6-8)14-2-3-17-7-9(14)4-10(15)16/h5-6,9H,2-4,7H2,1H3,(H,15,16). The Morgan fingerprint density at radius 3 is 2.94 bits per heavy atom. The zero-order chi connectivity index (χ0) is 12.3. The van der Waals surface area contributed by atoms with E-state index in [0.717, 1.165) is 23.6 Å². The fourth-order valence-corrected chi connectivity index (χ4v) is 2.89. The number of carboxylic acid groups (broad SMARTS) is 1. The van der Waals surface area contributed by atoms with E-state index in [1.54, 1.807) is 24.2 Å². The van der Waals surface area contributed by atoms with Crippen LogP contribution in [0.3, 0.4) is 0 Å². The van der Waals surface area contributed by atoms with Crippen LogP contribution in [0.25, 0.3) is 0 Å². The van der Waals surface area contributed by atoms with E-state index in [2.05, 4.69) is 9.97 Å². The molecule has 17 heavy (non-hydrogen) atoms. The highest BCUT2D eigenvalue weighted by Gasteiger charge is 2.26. The molecule has 1 unspecified atom stereocenters. The van der Waals surface area contributed by atoms with Crippen LogP contribution in [-0.4, -0.2) is 45.1 Å². The van der Waals surface area contributed by atoms with Crippen LogP contribution >= 0.6 is 11.8 Å². The summed E-state index contributed by atoms with van der Waals surface area (Å²) in [5, 5.41) is 8.90. The molecule has 0 aromatic carbocycles. The number of thioether (sulfide) groups is 1. The van der Waals surface area contributed by atoms with Crippen molar-refractivity contribution in [2.24, 2.45) is 0 Å². The summed E-state index contributed by atoms with van der Waals surface area (Å²) in [6, 6.07) is -0.00560.